The Balaban J connectivity index is 2.00. The van der Waals surface area contributed by atoms with E-state index in [0.717, 1.165) is 25.9 Å². The summed E-state index contributed by atoms with van der Waals surface area (Å²) in [4.78, 5) is 0.279. The number of piperidine rings is 1. The van der Waals surface area contributed by atoms with Gasteiger partial charge in [0.2, 0.25) is 10.0 Å². The van der Waals surface area contributed by atoms with Crippen LogP contribution in [0.25, 0.3) is 0 Å². The molecule has 1 fully saturated rings. The molecule has 0 spiro atoms. The summed E-state index contributed by atoms with van der Waals surface area (Å²) in [6.07, 6.45) is 2.04. The number of nitrogens with one attached hydrogen (secondary N) is 2. The molecule has 1 aromatic carbocycles. The molecule has 1 saturated heterocycles. The topological polar surface area (TPSA) is 67.4 Å². The quantitative estimate of drug-likeness (QED) is 0.840. The molecule has 1 aliphatic rings. The number of sulfonamides is 1. The fraction of sp³-hybridized carbons (Fsp3) is 0.625. The minimum absolute atomic E-state index is 0.0268. The van der Waals surface area contributed by atoms with Gasteiger partial charge in [-0.05, 0) is 69.5 Å². The van der Waals surface area contributed by atoms with Crippen LogP contribution < -0.4 is 14.8 Å². The van der Waals surface area contributed by atoms with Crippen LogP contribution in [-0.4, -0.2) is 34.2 Å². The Hall–Kier alpha value is -1.11. The number of benzene rings is 1. The van der Waals surface area contributed by atoms with Crippen molar-refractivity contribution >= 4 is 10.0 Å². The van der Waals surface area contributed by atoms with Crippen molar-refractivity contribution in [3.63, 3.8) is 0 Å². The molecule has 0 radical (unpaired) electrons. The average molecular weight is 326 g/mol. The Labute approximate surface area is 133 Å². The van der Waals surface area contributed by atoms with Crippen molar-refractivity contribution < 1.29 is 13.2 Å². The fourth-order valence-corrected chi connectivity index (χ4v) is 3.73. The van der Waals surface area contributed by atoms with E-state index < -0.39 is 10.0 Å². The molecule has 5 nitrogen and oxygen atoms in total. The molecule has 0 saturated carbocycles. The SMILES string of the molecule is CC(C)Oc1ccc(S(=O)(=O)NCC2(C)CCNCC2)cc1. The first-order valence-electron chi connectivity index (χ1n) is 7.78. The Morgan fingerprint density at radius 1 is 1.23 bits per heavy atom. The zero-order valence-corrected chi connectivity index (χ0v) is 14.4. The minimum atomic E-state index is -3.47. The van der Waals surface area contributed by atoms with Crippen LogP contribution in [-0.2, 0) is 10.0 Å². The zero-order chi connectivity index (χ0) is 16.2. The van der Waals surface area contributed by atoms with Gasteiger partial charge in [0.05, 0.1) is 11.0 Å². The highest BCUT2D eigenvalue weighted by Gasteiger charge is 2.28. The van der Waals surface area contributed by atoms with Gasteiger partial charge in [0.15, 0.2) is 0 Å². The molecule has 0 bridgehead atoms. The zero-order valence-electron chi connectivity index (χ0n) is 13.6. The summed E-state index contributed by atoms with van der Waals surface area (Å²) in [5.41, 5.74) is 0.0268. The van der Waals surface area contributed by atoms with Crippen molar-refractivity contribution in [2.24, 2.45) is 5.41 Å². The number of ether oxygens (including phenoxy) is 1. The van der Waals surface area contributed by atoms with Crippen LogP contribution in [0.5, 0.6) is 5.75 Å². The first-order chi connectivity index (χ1) is 10.3. The standard InChI is InChI=1S/C16H26N2O3S/c1-13(2)21-14-4-6-15(7-5-14)22(19,20)18-12-16(3)8-10-17-11-9-16/h4-7,13,17-18H,8-12H2,1-3H3. The van der Waals surface area contributed by atoms with Crippen molar-refractivity contribution in [1.82, 2.24) is 10.0 Å². The predicted octanol–water partition coefficient (Wildman–Crippen LogP) is 2.14. The average Bonchev–Trinajstić information content (AvgIpc) is 2.46. The van der Waals surface area contributed by atoms with Gasteiger partial charge in [-0.2, -0.15) is 0 Å². The third-order valence-corrected chi connectivity index (χ3v) is 5.42. The van der Waals surface area contributed by atoms with Crippen LogP contribution in [0.1, 0.15) is 33.6 Å². The molecule has 22 heavy (non-hydrogen) atoms. The van der Waals surface area contributed by atoms with Gasteiger partial charge in [-0.3, -0.25) is 0 Å². The van der Waals surface area contributed by atoms with E-state index in [1.807, 2.05) is 13.8 Å². The highest BCUT2D eigenvalue weighted by molar-refractivity contribution is 7.89. The van der Waals surface area contributed by atoms with Gasteiger partial charge >= 0.3 is 0 Å². The van der Waals surface area contributed by atoms with Crippen LogP contribution in [0.3, 0.4) is 0 Å². The molecular formula is C16H26N2O3S. The molecule has 124 valence electrons. The van der Waals surface area contributed by atoms with Gasteiger partial charge in [-0.1, -0.05) is 6.92 Å². The lowest BCUT2D eigenvalue weighted by molar-refractivity contribution is 0.232. The second kappa shape index (κ2) is 6.98. The highest BCUT2D eigenvalue weighted by Crippen LogP contribution is 2.27. The smallest absolute Gasteiger partial charge is 0.240 e. The van der Waals surface area contributed by atoms with E-state index in [4.69, 9.17) is 4.74 Å². The molecule has 1 aromatic rings. The van der Waals surface area contributed by atoms with E-state index >= 15 is 0 Å². The van der Waals surface area contributed by atoms with Crippen LogP contribution in [0.2, 0.25) is 0 Å². The third kappa shape index (κ3) is 4.69. The molecule has 2 N–H and O–H groups in total. The second-order valence-corrected chi connectivity index (χ2v) is 8.29. The molecule has 0 aliphatic carbocycles. The first-order valence-corrected chi connectivity index (χ1v) is 9.26. The number of rotatable bonds is 6. The monoisotopic (exact) mass is 326 g/mol. The molecule has 0 unspecified atom stereocenters. The number of hydrogen-bond acceptors (Lipinski definition) is 4. The van der Waals surface area contributed by atoms with Crippen molar-refractivity contribution in [2.45, 2.75) is 44.6 Å². The first kappa shape index (κ1) is 17.2. The van der Waals surface area contributed by atoms with Gasteiger partial charge in [-0.25, -0.2) is 13.1 Å². The number of hydrogen-bond donors (Lipinski definition) is 2. The van der Waals surface area contributed by atoms with E-state index in [-0.39, 0.29) is 16.4 Å². The Morgan fingerprint density at radius 2 is 1.82 bits per heavy atom. The Kier molecular flexibility index (Phi) is 5.47. The summed E-state index contributed by atoms with van der Waals surface area (Å²) >= 11 is 0. The van der Waals surface area contributed by atoms with Gasteiger partial charge in [0, 0.05) is 6.54 Å². The lowest BCUT2D eigenvalue weighted by Crippen LogP contribution is -2.42. The summed E-state index contributed by atoms with van der Waals surface area (Å²) in [5, 5.41) is 3.30. The molecule has 0 atom stereocenters. The van der Waals surface area contributed by atoms with Crippen LogP contribution in [0, 0.1) is 5.41 Å². The van der Waals surface area contributed by atoms with Crippen LogP contribution in [0.15, 0.2) is 29.2 Å². The van der Waals surface area contributed by atoms with Crippen molar-refractivity contribution in [1.29, 1.82) is 0 Å². The summed E-state index contributed by atoms with van der Waals surface area (Å²) in [5.74, 6) is 0.680. The summed E-state index contributed by atoms with van der Waals surface area (Å²) in [6.45, 7) is 8.37. The Morgan fingerprint density at radius 3 is 2.36 bits per heavy atom. The predicted molar refractivity (Wildman–Crippen MR) is 87.6 cm³/mol. The van der Waals surface area contributed by atoms with E-state index in [9.17, 15) is 8.42 Å². The largest absolute Gasteiger partial charge is 0.491 e. The maximum absolute atomic E-state index is 12.4. The van der Waals surface area contributed by atoms with Crippen LogP contribution in [0.4, 0.5) is 0 Å². The minimum Gasteiger partial charge on any atom is -0.491 e. The fourth-order valence-electron chi connectivity index (χ4n) is 2.53. The van der Waals surface area contributed by atoms with E-state index in [1.165, 1.54) is 0 Å². The maximum atomic E-state index is 12.4. The summed E-state index contributed by atoms with van der Waals surface area (Å²) in [6, 6.07) is 6.57. The van der Waals surface area contributed by atoms with Crippen molar-refractivity contribution in [3.8, 4) is 5.75 Å². The van der Waals surface area contributed by atoms with Gasteiger partial charge < -0.3 is 10.1 Å². The molecule has 0 aromatic heterocycles. The molecule has 2 rings (SSSR count). The molecule has 0 amide bonds. The lowest BCUT2D eigenvalue weighted by Gasteiger charge is -2.34. The Bertz CT molecular complexity index is 576. The van der Waals surface area contributed by atoms with E-state index in [1.54, 1.807) is 24.3 Å². The highest BCUT2D eigenvalue weighted by atomic mass is 32.2. The lowest BCUT2D eigenvalue weighted by atomic mass is 9.81. The van der Waals surface area contributed by atoms with Gasteiger partial charge in [0.1, 0.15) is 5.75 Å². The van der Waals surface area contributed by atoms with Gasteiger partial charge in [0.25, 0.3) is 0 Å². The second-order valence-electron chi connectivity index (χ2n) is 6.52. The third-order valence-electron chi connectivity index (χ3n) is 4.01. The van der Waals surface area contributed by atoms with E-state index in [0.29, 0.717) is 12.3 Å². The maximum Gasteiger partial charge on any atom is 0.240 e. The van der Waals surface area contributed by atoms with Gasteiger partial charge in [-0.15, -0.1) is 0 Å². The van der Waals surface area contributed by atoms with Crippen molar-refractivity contribution in [3.05, 3.63) is 24.3 Å². The van der Waals surface area contributed by atoms with Crippen LogP contribution >= 0.6 is 0 Å². The molecular weight excluding hydrogens is 300 g/mol. The summed E-state index contributed by atoms with van der Waals surface area (Å²) in [7, 11) is -3.47. The summed E-state index contributed by atoms with van der Waals surface area (Å²) < 4.78 is 33.0. The molecule has 6 heteroatoms. The van der Waals surface area contributed by atoms with E-state index in [2.05, 4.69) is 17.0 Å². The molecule has 1 aliphatic heterocycles. The normalized spacial score (nSPS) is 18.4. The molecule has 1 heterocycles. The van der Waals surface area contributed by atoms with Crippen molar-refractivity contribution in [2.75, 3.05) is 19.6 Å².